The van der Waals surface area contributed by atoms with Gasteiger partial charge in [0.05, 0.1) is 19.0 Å². The predicted octanol–water partition coefficient (Wildman–Crippen LogP) is 3.86. The fourth-order valence-corrected chi connectivity index (χ4v) is 5.78. The van der Waals surface area contributed by atoms with Crippen LogP contribution in [-0.2, 0) is 28.4 Å². The Labute approximate surface area is 196 Å². The molecule has 0 fully saturated rings. The van der Waals surface area contributed by atoms with Crippen LogP contribution < -0.4 is 15.2 Å². The molecular weight excluding hydrogens is 462 g/mol. The van der Waals surface area contributed by atoms with Crippen molar-refractivity contribution >= 4 is 33.0 Å². The number of fused-ring (bicyclic) bond motifs is 1. The average Bonchev–Trinajstić information content (AvgIpc) is 3.43. The second kappa shape index (κ2) is 8.82. The molecule has 0 bridgehead atoms. The Morgan fingerprint density at radius 3 is 2.79 bits per heavy atom. The van der Waals surface area contributed by atoms with Crippen LogP contribution in [0.2, 0.25) is 0 Å². The molecule has 1 aromatic carbocycles. The number of carbonyl (C=O) groups excluding carboxylic acids is 1. The Hall–Kier alpha value is -2.86. The molecule has 0 saturated carbocycles. The number of ether oxygens (including phenoxy) is 1. The minimum Gasteiger partial charge on any atom is -0.481 e. The number of methoxy groups -OCH3 is 1. The zero-order valence-corrected chi connectivity index (χ0v) is 20.1. The van der Waals surface area contributed by atoms with E-state index in [4.69, 9.17) is 9.88 Å². The quantitative estimate of drug-likeness (QED) is 0.499. The highest BCUT2D eigenvalue weighted by Gasteiger charge is 2.24. The molecule has 1 aliphatic rings. The van der Waals surface area contributed by atoms with Gasteiger partial charge in [-0.2, -0.15) is 0 Å². The number of anilines is 1. The third-order valence-corrected chi connectivity index (χ3v) is 8.47. The van der Waals surface area contributed by atoms with Gasteiger partial charge in [0.25, 0.3) is 0 Å². The first-order valence-corrected chi connectivity index (χ1v) is 12.7. The summed E-state index contributed by atoms with van der Waals surface area (Å²) in [6.45, 7) is 3.12. The number of aryl methyl sites for hydroxylation is 1. The van der Waals surface area contributed by atoms with E-state index in [2.05, 4.69) is 25.7 Å². The Bertz CT molecular complexity index is 1340. The van der Waals surface area contributed by atoms with Gasteiger partial charge in [-0.3, -0.25) is 0 Å². The standard InChI is InChI=1S/C22H25N5O4S2/c1-22(2,29)20-25-12-18(32-20)33(23,30)27-21(28)26-19-15-6-4-5-13(15)7-8-16(19)14-9-10-24-17(11-14)31-3/h7-12,29H,4-6H2,1-3H3,(H3,23,26,27,28,30)/t33-/m1/s1. The maximum absolute atomic E-state index is 13.0. The topological polar surface area (TPSA) is 140 Å². The Balaban J connectivity index is 1.71. The molecule has 4 rings (SSSR count). The van der Waals surface area contributed by atoms with Crippen LogP contribution in [0.5, 0.6) is 5.88 Å². The number of nitrogens with one attached hydrogen (secondary N) is 1. The molecule has 0 unspecified atom stereocenters. The van der Waals surface area contributed by atoms with Crippen molar-refractivity contribution in [2.75, 3.05) is 12.4 Å². The maximum Gasteiger partial charge on any atom is 0.354 e. The summed E-state index contributed by atoms with van der Waals surface area (Å²) in [6, 6.07) is 6.79. The van der Waals surface area contributed by atoms with Gasteiger partial charge in [-0.25, -0.2) is 24.1 Å². The van der Waals surface area contributed by atoms with Crippen LogP contribution in [0.1, 0.15) is 36.4 Å². The fraction of sp³-hybridized carbons (Fsp3) is 0.318. The number of amides is 2. The van der Waals surface area contributed by atoms with Gasteiger partial charge in [0, 0.05) is 17.8 Å². The number of hydrogen-bond acceptors (Lipinski definition) is 7. The Kier molecular flexibility index (Phi) is 6.23. The maximum atomic E-state index is 13.0. The summed E-state index contributed by atoms with van der Waals surface area (Å²) in [5, 5.41) is 19.2. The SMILES string of the molecule is COc1cc(-c2ccc3c(c2NC(=O)N=[S@@](N)(=O)c2cnc(C(C)(C)O)s2)CCC3)ccn1. The lowest BCUT2D eigenvalue weighted by Crippen LogP contribution is -2.18. The number of aromatic nitrogens is 2. The van der Waals surface area contributed by atoms with Gasteiger partial charge in [-0.1, -0.05) is 12.1 Å². The highest BCUT2D eigenvalue weighted by atomic mass is 32.2. The second-order valence-corrected chi connectivity index (χ2v) is 11.2. The summed E-state index contributed by atoms with van der Waals surface area (Å²) in [6.07, 6.45) is 5.62. The summed E-state index contributed by atoms with van der Waals surface area (Å²) >= 11 is 0.963. The second-order valence-electron chi connectivity index (χ2n) is 8.20. The molecule has 0 saturated heterocycles. The molecular formula is C22H25N5O4S2. The molecule has 2 amide bonds. The van der Waals surface area contributed by atoms with Gasteiger partial charge < -0.3 is 15.2 Å². The molecule has 0 spiro atoms. The third-order valence-electron chi connectivity index (χ3n) is 5.28. The molecule has 9 nitrogen and oxygen atoms in total. The molecule has 2 heterocycles. The lowest BCUT2D eigenvalue weighted by Gasteiger charge is -2.15. The first kappa shape index (κ1) is 23.3. The van der Waals surface area contributed by atoms with Crippen molar-refractivity contribution in [2.24, 2.45) is 9.50 Å². The molecule has 4 N–H and O–H groups in total. The van der Waals surface area contributed by atoms with E-state index in [1.54, 1.807) is 26.1 Å². The molecule has 1 aliphatic carbocycles. The van der Waals surface area contributed by atoms with Gasteiger partial charge in [0.2, 0.25) is 5.88 Å². The molecule has 0 radical (unpaired) electrons. The summed E-state index contributed by atoms with van der Waals surface area (Å²) in [5.74, 6) is 0.452. The van der Waals surface area contributed by atoms with Crippen LogP contribution in [-0.4, -0.2) is 32.4 Å². The lowest BCUT2D eigenvalue weighted by atomic mass is 9.98. The zero-order valence-electron chi connectivity index (χ0n) is 18.5. The highest BCUT2D eigenvalue weighted by Crippen LogP contribution is 2.38. The minimum atomic E-state index is -3.54. The molecule has 1 atom stereocenters. The van der Waals surface area contributed by atoms with Crippen LogP contribution in [0.4, 0.5) is 10.5 Å². The largest absolute Gasteiger partial charge is 0.481 e. The van der Waals surface area contributed by atoms with Crippen LogP contribution >= 0.6 is 11.3 Å². The number of nitrogens with zero attached hydrogens (tertiary/aromatic N) is 3. The molecule has 3 aromatic rings. The predicted molar refractivity (Wildman–Crippen MR) is 128 cm³/mol. The Morgan fingerprint density at radius 1 is 1.30 bits per heavy atom. The van der Waals surface area contributed by atoms with E-state index in [1.807, 2.05) is 12.1 Å². The highest BCUT2D eigenvalue weighted by molar-refractivity contribution is 7.93. The van der Waals surface area contributed by atoms with E-state index < -0.39 is 21.5 Å². The van der Waals surface area contributed by atoms with Crippen LogP contribution in [0.15, 0.2) is 45.2 Å². The summed E-state index contributed by atoms with van der Waals surface area (Å²) in [5.41, 5.74) is 3.18. The summed E-state index contributed by atoms with van der Waals surface area (Å²) in [7, 11) is -2.00. The van der Waals surface area contributed by atoms with E-state index in [0.29, 0.717) is 16.6 Å². The molecule has 33 heavy (non-hydrogen) atoms. The first-order chi connectivity index (χ1) is 15.6. The van der Waals surface area contributed by atoms with Crippen molar-refractivity contribution in [3.8, 4) is 17.0 Å². The number of carbonyl (C=O) groups is 1. The van der Waals surface area contributed by atoms with E-state index >= 15 is 0 Å². The average molecular weight is 488 g/mol. The number of rotatable bonds is 5. The fourth-order valence-electron chi connectivity index (χ4n) is 3.71. The Morgan fingerprint density at radius 2 is 2.09 bits per heavy atom. The van der Waals surface area contributed by atoms with E-state index in [-0.39, 0.29) is 4.21 Å². The van der Waals surface area contributed by atoms with Gasteiger partial charge in [0.15, 0.2) is 9.92 Å². The van der Waals surface area contributed by atoms with Gasteiger partial charge in [-0.15, -0.1) is 15.7 Å². The minimum absolute atomic E-state index is 0.118. The van der Waals surface area contributed by atoms with E-state index in [1.165, 1.54) is 13.3 Å². The van der Waals surface area contributed by atoms with Crippen molar-refractivity contribution in [3.05, 3.63) is 52.8 Å². The number of aliphatic hydroxyl groups is 1. The molecule has 174 valence electrons. The van der Waals surface area contributed by atoms with Gasteiger partial charge in [0.1, 0.15) is 14.8 Å². The van der Waals surface area contributed by atoms with Crippen molar-refractivity contribution in [2.45, 2.75) is 42.9 Å². The monoisotopic (exact) mass is 487 g/mol. The van der Waals surface area contributed by atoms with Gasteiger partial charge in [-0.05, 0) is 55.9 Å². The molecule has 2 aromatic heterocycles. The number of thiazole rings is 1. The number of nitrogens with two attached hydrogens (primary N) is 1. The van der Waals surface area contributed by atoms with Crippen molar-refractivity contribution < 1.29 is 18.8 Å². The normalized spacial score (nSPS) is 14.9. The third kappa shape index (κ3) is 4.91. The molecule has 0 aliphatic heterocycles. The van der Waals surface area contributed by atoms with E-state index in [0.717, 1.165) is 52.9 Å². The van der Waals surface area contributed by atoms with Crippen molar-refractivity contribution in [1.82, 2.24) is 9.97 Å². The van der Waals surface area contributed by atoms with Crippen LogP contribution in [0.3, 0.4) is 0 Å². The smallest absolute Gasteiger partial charge is 0.354 e. The number of urea groups is 1. The molecule has 11 heteroatoms. The van der Waals surface area contributed by atoms with Crippen molar-refractivity contribution in [1.29, 1.82) is 0 Å². The van der Waals surface area contributed by atoms with E-state index in [9.17, 15) is 14.1 Å². The first-order valence-electron chi connectivity index (χ1n) is 10.3. The number of pyridine rings is 1. The number of hydrogen-bond donors (Lipinski definition) is 3. The zero-order chi connectivity index (χ0) is 23.8. The van der Waals surface area contributed by atoms with Crippen LogP contribution in [0.25, 0.3) is 11.1 Å². The van der Waals surface area contributed by atoms with Crippen LogP contribution in [0, 0.1) is 0 Å². The summed E-state index contributed by atoms with van der Waals surface area (Å²) in [4.78, 5) is 21.1. The number of benzene rings is 1. The lowest BCUT2D eigenvalue weighted by molar-refractivity contribution is 0.0783. The summed E-state index contributed by atoms with van der Waals surface area (Å²) < 4.78 is 22.1. The van der Waals surface area contributed by atoms with Gasteiger partial charge >= 0.3 is 6.03 Å². The van der Waals surface area contributed by atoms with Crippen molar-refractivity contribution in [3.63, 3.8) is 0 Å².